The Bertz CT molecular complexity index is 108. The highest BCUT2D eigenvalue weighted by Gasteiger charge is 2.17. The van der Waals surface area contributed by atoms with Crippen LogP contribution in [-0.2, 0) is 4.74 Å². The van der Waals surface area contributed by atoms with E-state index in [9.17, 15) is 0 Å². The van der Waals surface area contributed by atoms with Crippen molar-refractivity contribution in [3.8, 4) is 0 Å². The number of hydrogen-bond donors (Lipinski definition) is 2. The fourth-order valence-electron chi connectivity index (χ4n) is 1.30. The topological polar surface area (TPSA) is 33.3 Å². The molecule has 0 bridgehead atoms. The lowest BCUT2D eigenvalue weighted by Crippen LogP contribution is -2.47. The average Bonchev–Trinajstić information content (AvgIpc) is 2.01. The van der Waals surface area contributed by atoms with Crippen molar-refractivity contribution < 1.29 is 4.74 Å². The molecule has 0 spiro atoms. The van der Waals surface area contributed by atoms with Crippen molar-refractivity contribution >= 4 is 0 Å². The molecule has 1 rings (SSSR count). The van der Waals surface area contributed by atoms with Crippen LogP contribution >= 0.6 is 0 Å². The van der Waals surface area contributed by atoms with E-state index in [2.05, 4.69) is 24.5 Å². The first-order chi connectivity index (χ1) is 5.33. The molecular weight excluding hydrogens is 140 g/mol. The fraction of sp³-hybridized carbons (Fsp3) is 1.00. The zero-order valence-electron chi connectivity index (χ0n) is 7.39. The van der Waals surface area contributed by atoms with Crippen LogP contribution in [0.3, 0.4) is 0 Å². The van der Waals surface area contributed by atoms with Gasteiger partial charge in [0.25, 0.3) is 0 Å². The number of likely N-dealkylation sites (N-methyl/N-ethyl adjacent to an activating group) is 1. The minimum atomic E-state index is 0.360. The van der Waals surface area contributed by atoms with Gasteiger partial charge in [-0.2, -0.15) is 0 Å². The molecule has 1 aliphatic rings. The summed E-state index contributed by atoms with van der Waals surface area (Å²) in [6, 6.07) is 0. The summed E-state index contributed by atoms with van der Waals surface area (Å²) in [7, 11) is 0. The second kappa shape index (κ2) is 4.70. The van der Waals surface area contributed by atoms with Gasteiger partial charge in [0.1, 0.15) is 0 Å². The maximum Gasteiger partial charge on any atom is 0.0827 e. The predicted octanol–water partition coefficient (Wildman–Crippen LogP) is -0.0272. The van der Waals surface area contributed by atoms with Gasteiger partial charge < -0.3 is 15.4 Å². The van der Waals surface area contributed by atoms with Gasteiger partial charge in [-0.1, -0.05) is 6.92 Å². The Labute approximate surface area is 68.5 Å². The molecule has 3 nitrogen and oxygen atoms in total. The predicted molar refractivity (Wildman–Crippen MR) is 45.7 cm³/mol. The molecule has 0 amide bonds. The molecule has 0 saturated carbocycles. The van der Waals surface area contributed by atoms with Crippen LogP contribution < -0.4 is 10.6 Å². The molecule has 2 N–H and O–H groups in total. The third-order valence-corrected chi connectivity index (χ3v) is 1.85. The Morgan fingerprint density at radius 2 is 2.36 bits per heavy atom. The van der Waals surface area contributed by atoms with Gasteiger partial charge in [-0.3, -0.25) is 0 Å². The van der Waals surface area contributed by atoms with Crippen molar-refractivity contribution in [2.75, 3.05) is 26.2 Å². The van der Waals surface area contributed by atoms with Gasteiger partial charge in [0.2, 0.25) is 0 Å². The molecule has 11 heavy (non-hydrogen) atoms. The smallest absolute Gasteiger partial charge is 0.0827 e. The van der Waals surface area contributed by atoms with Gasteiger partial charge >= 0.3 is 0 Å². The van der Waals surface area contributed by atoms with Crippen molar-refractivity contribution in [3.63, 3.8) is 0 Å². The summed E-state index contributed by atoms with van der Waals surface area (Å²) in [5, 5.41) is 6.60. The van der Waals surface area contributed by atoms with Crippen molar-refractivity contribution in [2.24, 2.45) is 0 Å². The minimum absolute atomic E-state index is 0.360. The maximum absolute atomic E-state index is 5.66. The molecule has 0 aliphatic carbocycles. The monoisotopic (exact) mass is 158 g/mol. The van der Waals surface area contributed by atoms with Gasteiger partial charge in [0, 0.05) is 19.6 Å². The van der Waals surface area contributed by atoms with Crippen LogP contribution in [0.15, 0.2) is 0 Å². The lowest BCUT2D eigenvalue weighted by Gasteiger charge is -2.28. The second-order valence-electron chi connectivity index (χ2n) is 3.03. The molecule has 0 aromatic heterocycles. The van der Waals surface area contributed by atoms with E-state index >= 15 is 0 Å². The van der Waals surface area contributed by atoms with Gasteiger partial charge in [-0.05, 0) is 13.5 Å². The highest BCUT2D eigenvalue weighted by atomic mass is 16.5. The van der Waals surface area contributed by atoms with E-state index in [0.717, 1.165) is 26.2 Å². The lowest BCUT2D eigenvalue weighted by molar-refractivity contribution is -0.0255. The largest absolute Gasteiger partial charge is 0.371 e. The van der Waals surface area contributed by atoms with Crippen molar-refractivity contribution in [3.05, 3.63) is 0 Å². The van der Waals surface area contributed by atoms with Crippen LogP contribution in [0.25, 0.3) is 0 Å². The summed E-state index contributed by atoms with van der Waals surface area (Å²) in [5.41, 5.74) is 0. The highest BCUT2D eigenvalue weighted by Crippen LogP contribution is 2.01. The molecule has 1 aliphatic heterocycles. The molecule has 0 unspecified atom stereocenters. The molecule has 1 saturated heterocycles. The first-order valence-electron chi connectivity index (χ1n) is 4.39. The molecular formula is C8H18N2O. The molecule has 0 aromatic rings. The van der Waals surface area contributed by atoms with E-state index in [-0.39, 0.29) is 0 Å². The summed E-state index contributed by atoms with van der Waals surface area (Å²) in [4.78, 5) is 0. The van der Waals surface area contributed by atoms with Crippen molar-refractivity contribution in [1.82, 2.24) is 10.6 Å². The third kappa shape index (κ3) is 3.18. The quantitative estimate of drug-likeness (QED) is 0.605. The Balaban J connectivity index is 2.12. The fourth-order valence-corrected chi connectivity index (χ4v) is 1.30. The molecule has 3 heteroatoms. The Hall–Kier alpha value is -0.120. The molecule has 1 heterocycles. The number of morpholine rings is 1. The first kappa shape index (κ1) is 8.97. The van der Waals surface area contributed by atoms with Crippen LogP contribution in [0, 0.1) is 0 Å². The average molecular weight is 158 g/mol. The number of rotatable bonds is 3. The van der Waals surface area contributed by atoms with Crippen LogP contribution in [0.2, 0.25) is 0 Å². The van der Waals surface area contributed by atoms with Crippen LogP contribution in [0.1, 0.15) is 13.8 Å². The molecule has 0 radical (unpaired) electrons. The molecule has 0 aromatic carbocycles. The lowest BCUT2D eigenvalue weighted by atomic mass is 10.2. The van der Waals surface area contributed by atoms with E-state index in [1.165, 1.54) is 0 Å². The number of hydrogen-bond acceptors (Lipinski definition) is 3. The van der Waals surface area contributed by atoms with Gasteiger partial charge in [-0.15, -0.1) is 0 Å². The summed E-state index contributed by atoms with van der Waals surface area (Å²) in [5.74, 6) is 0. The number of ether oxygens (including phenoxy) is 1. The summed E-state index contributed by atoms with van der Waals surface area (Å²) in [6.07, 6.45) is 0.728. The normalized spacial score (nSPS) is 32.2. The van der Waals surface area contributed by atoms with Crippen LogP contribution in [0.5, 0.6) is 0 Å². The van der Waals surface area contributed by atoms with E-state index in [0.29, 0.717) is 12.2 Å². The molecule has 1 fully saturated rings. The zero-order chi connectivity index (χ0) is 8.10. The molecule has 66 valence electrons. The minimum Gasteiger partial charge on any atom is -0.371 e. The second-order valence-corrected chi connectivity index (χ2v) is 3.03. The summed E-state index contributed by atoms with van der Waals surface area (Å²) < 4.78 is 5.66. The summed E-state index contributed by atoms with van der Waals surface area (Å²) in [6.45, 7) is 8.17. The van der Waals surface area contributed by atoms with E-state index < -0.39 is 0 Å². The van der Waals surface area contributed by atoms with E-state index in [4.69, 9.17) is 4.74 Å². The first-order valence-corrected chi connectivity index (χ1v) is 4.39. The van der Waals surface area contributed by atoms with E-state index in [1.807, 2.05) is 0 Å². The SMILES string of the molecule is CCNC[C@H]1CNC[C@@H](C)O1. The Morgan fingerprint density at radius 3 is 3.00 bits per heavy atom. The summed E-state index contributed by atoms with van der Waals surface area (Å²) >= 11 is 0. The number of nitrogens with one attached hydrogen (secondary N) is 2. The third-order valence-electron chi connectivity index (χ3n) is 1.85. The Morgan fingerprint density at radius 1 is 1.55 bits per heavy atom. The van der Waals surface area contributed by atoms with Gasteiger partial charge in [0.15, 0.2) is 0 Å². The zero-order valence-corrected chi connectivity index (χ0v) is 7.39. The van der Waals surface area contributed by atoms with Crippen molar-refractivity contribution in [2.45, 2.75) is 26.1 Å². The maximum atomic E-state index is 5.66. The Kier molecular flexibility index (Phi) is 3.83. The van der Waals surface area contributed by atoms with Gasteiger partial charge in [0.05, 0.1) is 12.2 Å². The van der Waals surface area contributed by atoms with Gasteiger partial charge in [-0.25, -0.2) is 0 Å². The highest BCUT2D eigenvalue weighted by molar-refractivity contribution is 4.72. The van der Waals surface area contributed by atoms with Crippen LogP contribution in [0.4, 0.5) is 0 Å². The van der Waals surface area contributed by atoms with Crippen molar-refractivity contribution in [1.29, 1.82) is 0 Å². The van der Waals surface area contributed by atoms with Crippen LogP contribution in [-0.4, -0.2) is 38.4 Å². The molecule has 2 atom stereocenters. The van der Waals surface area contributed by atoms with E-state index in [1.54, 1.807) is 0 Å². The standard InChI is InChI=1S/C8H18N2O/c1-3-9-5-8-6-10-4-7(2)11-8/h7-10H,3-6H2,1-2H3/t7-,8+/m1/s1.